The quantitative estimate of drug-likeness (QED) is 0.845. The summed E-state index contributed by atoms with van der Waals surface area (Å²) in [7, 11) is -3.43. The van der Waals surface area contributed by atoms with Gasteiger partial charge in [-0.2, -0.15) is 4.31 Å². The van der Waals surface area contributed by atoms with Gasteiger partial charge in [0.2, 0.25) is 15.9 Å². The standard InChI is InChI=1S/C17H22N2O3S/c20-17(16-7-4-8-16)18-10-12-19(13-11-18)23(21,22)14-9-15-5-2-1-3-6-15/h1-3,5-6,9,14,16H,4,7-8,10-13H2. The molecule has 124 valence electrons. The largest absolute Gasteiger partial charge is 0.340 e. The van der Waals surface area contributed by atoms with Gasteiger partial charge in [-0.15, -0.1) is 0 Å². The van der Waals surface area contributed by atoms with Crippen LogP contribution in [0.4, 0.5) is 0 Å². The Kier molecular flexibility index (Phi) is 4.82. The van der Waals surface area contributed by atoms with Crippen molar-refractivity contribution in [2.24, 2.45) is 5.92 Å². The van der Waals surface area contributed by atoms with Crippen molar-refractivity contribution in [3.63, 3.8) is 0 Å². The predicted octanol–water partition coefficient (Wildman–Crippen LogP) is 1.93. The van der Waals surface area contributed by atoms with Gasteiger partial charge in [0.15, 0.2) is 0 Å². The molecule has 1 saturated heterocycles. The molecule has 2 fully saturated rings. The molecule has 1 aliphatic carbocycles. The van der Waals surface area contributed by atoms with Gasteiger partial charge in [0.25, 0.3) is 0 Å². The first-order chi connectivity index (χ1) is 11.1. The van der Waals surface area contributed by atoms with Crippen molar-refractivity contribution in [2.45, 2.75) is 19.3 Å². The van der Waals surface area contributed by atoms with E-state index in [0.717, 1.165) is 24.8 Å². The highest BCUT2D eigenvalue weighted by atomic mass is 32.2. The number of piperazine rings is 1. The van der Waals surface area contributed by atoms with Crippen LogP contribution in [0.5, 0.6) is 0 Å². The Bertz CT molecular complexity index is 673. The third-order valence-electron chi connectivity index (χ3n) is 4.60. The molecule has 2 aliphatic rings. The van der Waals surface area contributed by atoms with Crippen LogP contribution in [0.15, 0.2) is 35.7 Å². The van der Waals surface area contributed by atoms with E-state index in [1.54, 1.807) is 6.08 Å². The molecular formula is C17H22N2O3S. The lowest BCUT2D eigenvalue weighted by molar-refractivity contribution is -0.139. The van der Waals surface area contributed by atoms with E-state index >= 15 is 0 Å². The average molecular weight is 334 g/mol. The third kappa shape index (κ3) is 3.82. The Morgan fingerprint density at radius 1 is 1.04 bits per heavy atom. The lowest BCUT2D eigenvalue weighted by Crippen LogP contribution is -2.52. The van der Waals surface area contributed by atoms with Crippen molar-refractivity contribution in [1.82, 2.24) is 9.21 Å². The Labute approximate surface area is 137 Å². The summed E-state index contributed by atoms with van der Waals surface area (Å²) in [5.41, 5.74) is 0.856. The first-order valence-electron chi connectivity index (χ1n) is 8.08. The van der Waals surface area contributed by atoms with Crippen LogP contribution in [0.3, 0.4) is 0 Å². The molecule has 1 aromatic carbocycles. The number of hydrogen-bond acceptors (Lipinski definition) is 3. The minimum atomic E-state index is -3.43. The number of hydrogen-bond donors (Lipinski definition) is 0. The second-order valence-electron chi connectivity index (χ2n) is 6.11. The zero-order chi connectivity index (χ0) is 16.3. The maximum Gasteiger partial charge on any atom is 0.236 e. The molecule has 0 N–H and O–H groups in total. The normalized spacial score (nSPS) is 20.6. The van der Waals surface area contributed by atoms with Crippen molar-refractivity contribution in [3.8, 4) is 0 Å². The summed E-state index contributed by atoms with van der Waals surface area (Å²) in [6.07, 6.45) is 4.71. The van der Waals surface area contributed by atoms with Gasteiger partial charge in [0.05, 0.1) is 0 Å². The number of rotatable bonds is 4. The van der Waals surface area contributed by atoms with Gasteiger partial charge in [0, 0.05) is 37.5 Å². The van der Waals surface area contributed by atoms with Gasteiger partial charge in [-0.25, -0.2) is 8.42 Å². The smallest absolute Gasteiger partial charge is 0.236 e. The molecule has 6 heteroatoms. The number of sulfonamides is 1. The van der Waals surface area contributed by atoms with E-state index in [4.69, 9.17) is 0 Å². The van der Waals surface area contributed by atoms with Crippen LogP contribution >= 0.6 is 0 Å². The molecule has 1 amide bonds. The molecule has 3 rings (SSSR count). The van der Waals surface area contributed by atoms with Crippen LogP contribution < -0.4 is 0 Å². The van der Waals surface area contributed by atoms with Crippen molar-refractivity contribution < 1.29 is 13.2 Å². The van der Waals surface area contributed by atoms with E-state index in [-0.39, 0.29) is 11.8 Å². The summed E-state index contributed by atoms with van der Waals surface area (Å²) in [5.74, 6) is 0.379. The zero-order valence-electron chi connectivity index (χ0n) is 13.1. The molecule has 0 atom stereocenters. The SMILES string of the molecule is O=C(C1CCC1)N1CCN(S(=O)(=O)C=Cc2ccccc2)CC1. The molecule has 0 spiro atoms. The fraction of sp³-hybridized carbons (Fsp3) is 0.471. The molecule has 0 bridgehead atoms. The lowest BCUT2D eigenvalue weighted by atomic mass is 9.84. The van der Waals surface area contributed by atoms with Crippen LogP contribution in [0.1, 0.15) is 24.8 Å². The van der Waals surface area contributed by atoms with E-state index in [1.807, 2.05) is 35.2 Å². The zero-order valence-corrected chi connectivity index (χ0v) is 13.9. The fourth-order valence-electron chi connectivity index (χ4n) is 2.89. The van der Waals surface area contributed by atoms with Gasteiger partial charge in [-0.05, 0) is 24.5 Å². The summed E-state index contributed by atoms with van der Waals surface area (Å²) < 4.78 is 26.2. The van der Waals surface area contributed by atoms with Gasteiger partial charge in [0.1, 0.15) is 0 Å². The van der Waals surface area contributed by atoms with E-state index in [1.165, 1.54) is 9.71 Å². The number of benzene rings is 1. The number of carbonyl (C=O) groups is 1. The minimum Gasteiger partial charge on any atom is -0.340 e. The Morgan fingerprint density at radius 3 is 2.26 bits per heavy atom. The molecule has 0 aromatic heterocycles. The average Bonchev–Trinajstić information content (AvgIpc) is 2.52. The molecule has 1 heterocycles. The Morgan fingerprint density at radius 2 is 1.70 bits per heavy atom. The highest BCUT2D eigenvalue weighted by Crippen LogP contribution is 2.28. The number of carbonyl (C=O) groups excluding carboxylic acids is 1. The highest BCUT2D eigenvalue weighted by molar-refractivity contribution is 7.92. The summed E-state index contributed by atoms with van der Waals surface area (Å²) >= 11 is 0. The van der Waals surface area contributed by atoms with E-state index < -0.39 is 10.0 Å². The van der Waals surface area contributed by atoms with Crippen LogP contribution in [0.25, 0.3) is 6.08 Å². The maximum atomic E-state index is 12.4. The van der Waals surface area contributed by atoms with E-state index in [9.17, 15) is 13.2 Å². The fourth-order valence-corrected chi connectivity index (χ4v) is 4.06. The highest BCUT2D eigenvalue weighted by Gasteiger charge is 2.33. The van der Waals surface area contributed by atoms with Crippen LogP contribution in [-0.2, 0) is 14.8 Å². The summed E-state index contributed by atoms with van der Waals surface area (Å²) in [6.45, 7) is 1.74. The first kappa shape index (κ1) is 16.2. The monoisotopic (exact) mass is 334 g/mol. The lowest BCUT2D eigenvalue weighted by Gasteiger charge is -2.37. The second kappa shape index (κ2) is 6.84. The second-order valence-corrected chi connectivity index (χ2v) is 7.93. The van der Waals surface area contributed by atoms with Crippen molar-refractivity contribution in [2.75, 3.05) is 26.2 Å². The molecule has 1 saturated carbocycles. The molecule has 0 radical (unpaired) electrons. The van der Waals surface area contributed by atoms with Crippen molar-refractivity contribution >= 4 is 22.0 Å². The van der Waals surface area contributed by atoms with Gasteiger partial charge < -0.3 is 4.90 Å². The topological polar surface area (TPSA) is 57.7 Å². The Hall–Kier alpha value is -1.66. The maximum absolute atomic E-state index is 12.4. The van der Waals surface area contributed by atoms with Gasteiger partial charge in [-0.1, -0.05) is 36.8 Å². The molecule has 23 heavy (non-hydrogen) atoms. The van der Waals surface area contributed by atoms with E-state index in [0.29, 0.717) is 26.2 Å². The van der Waals surface area contributed by atoms with Crippen molar-refractivity contribution in [3.05, 3.63) is 41.3 Å². The third-order valence-corrected chi connectivity index (χ3v) is 6.16. The predicted molar refractivity (Wildman–Crippen MR) is 89.9 cm³/mol. The van der Waals surface area contributed by atoms with Crippen LogP contribution in [-0.4, -0.2) is 49.7 Å². The number of amides is 1. The summed E-state index contributed by atoms with van der Waals surface area (Å²) in [6, 6.07) is 9.36. The van der Waals surface area contributed by atoms with Crippen molar-refractivity contribution in [1.29, 1.82) is 0 Å². The number of nitrogens with zero attached hydrogens (tertiary/aromatic N) is 2. The first-order valence-corrected chi connectivity index (χ1v) is 9.59. The summed E-state index contributed by atoms with van der Waals surface area (Å²) in [4.78, 5) is 14.0. The van der Waals surface area contributed by atoms with Gasteiger partial charge >= 0.3 is 0 Å². The molecule has 1 aliphatic heterocycles. The van der Waals surface area contributed by atoms with E-state index in [2.05, 4.69) is 0 Å². The summed E-state index contributed by atoms with van der Waals surface area (Å²) in [5, 5.41) is 1.26. The minimum absolute atomic E-state index is 0.177. The molecule has 0 unspecified atom stereocenters. The molecule has 5 nitrogen and oxygen atoms in total. The van der Waals surface area contributed by atoms with Gasteiger partial charge in [-0.3, -0.25) is 4.79 Å². The molecule has 1 aromatic rings. The van der Waals surface area contributed by atoms with Crippen LogP contribution in [0, 0.1) is 5.92 Å². The Balaban J connectivity index is 1.57. The molecular weight excluding hydrogens is 312 g/mol. The van der Waals surface area contributed by atoms with Crippen LogP contribution in [0.2, 0.25) is 0 Å².